The number of halogens is 2. The molecule has 4 heteroatoms. The van der Waals surface area contributed by atoms with Gasteiger partial charge in [0.05, 0.1) is 17.9 Å². The van der Waals surface area contributed by atoms with Gasteiger partial charge in [-0.25, -0.2) is 4.39 Å². The van der Waals surface area contributed by atoms with Crippen LogP contribution in [0.4, 0.5) is 4.39 Å². The molecule has 1 aromatic carbocycles. The van der Waals surface area contributed by atoms with E-state index < -0.39 is 0 Å². The molecule has 1 atom stereocenters. The number of aryl methyl sites for hydroxylation is 1. The van der Waals surface area contributed by atoms with Crippen molar-refractivity contribution in [3.8, 4) is 0 Å². The molecule has 2 rings (SSSR count). The highest BCUT2D eigenvalue weighted by Crippen LogP contribution is 2.25. The Balaban J connectivity index is 2.38. The van der Waals surface area contributed by atoms with Crippen LogP contribution in [-0.2, 0) is 0 Å². The third kappa shape index (κ3) is 2.68. The lowest BCUT2D eigenvalue weighted by atomic mass is 10.0. The third-order valence-corrected chi connectivity index (χ3v) is 3.27. The van der Waals surface area contributed by atoms with Gasteiger partial charge in [0.2, 0.25) is 0 Å². The van der Waals surface area contributed by atoms with Crippen molar-refractivity contribution in [3.05, 3.63) is 64.2 Å². The highest BCUT2D eigenvalue weighted by Gasteiger charge is 2.14. The molecule has 0 amide bonds. The van der Waals surface area contributed by atoms with Crippen molar-refractivity contribution >= 4 is 11.6 Å². The first-order valence-electron chi connectivity index (χ1n) is 5.66. The fourth-order valence-corrected chi connectivity index (χ4v) is 2.02. The lowest BCUT2D eigenvalue weighted by Crippen LogP contribution is -2.18. The molecule has 18 heavy (non-hydrogen) atoms. The summed E-state index contributed by atoms with van der Waals surface area (Å²) < 4.78 is 12.9. The molecule has 2 nitrogen and oxygen atoms in total. The highest BCUT2D eigenvalue weighted by atomic mass is 35.5. The second-order valence-corrected chi connectivity index (χ2v) is 4.54. The normalized spacial score (nSPS) is 12.4. The van der Waals surface area contributed by atoms with Crippen LogP contribution in [0.3, 0.4) is 0 Å². The zero-order valence-corrected chi connectivity index (χ0v) is 11.0. The first-order valence-corrected chi connectivity index (χ1v) is 6.04. The van der Waals surface area contributed by atoms with Crippen LogP contribution in [0.5, 0.6) is 0 Å². The molecule has 0 saturated heterocycles. The smallest absolute Gasteiger partial charge is 0.141 e. The predicted molar refractivity (Wildman–Crippen MR) is 71.3 cm³/mol. The van der Waals surface area contributed by atoms with Crippen LogP contribution in [0.15, 0.2) is 36.5 Å². The molecule has 1 N–H and O–H groups in total. The minimum Gasteiger partial charge on any atom is -0.308 e. The van der Waals surface area contributed by atoms with Gasteiger partial charge >= 0.3 is 0 Å². The van der Waals surface area contributed by atoms with Crippen LogP contribution < -0.4 is 5.32 Å². The SMILES string of the molecule is CNC(c1ccc(C)c(Cl)c1)c1ccc(F)cn1. The Kier molecular flexibility index (Phi) is 3.94. The molecule has 1 aromatic heterocycles. The molecule has 0 bridgehead atoms. The summed E-state index contributed by atoms with van der Waals surface area (Å²) in [5.74, 6) is -0.337. The van der Waals surface area contributed by atoms with Gasteiger partial charge < -0.3 is 5.32 Å². The number of benzene rings is 1. The zero-order chi connectivity index (χ0) is 13.1. The lowest BCUT2D eigenvalue weighted by Gasteiger charge is -2.16. The average Bonchev–Trinajstić information content (AvgIpc) is 2.37. The van der Waals surface area contributed by atoms with E-state index in [1.807, 2.05) is 32.2 Å². The second kappa shape index (κ2) is 5.46. The molecule has 0 aliphatic carbocycles. The molecule has 0 aliphatic rings. The van der Waals surface area contributed by atoms with Gasteiger partial charge in [-0.3, -0.25) is 4.98 Å². The van der Waals surface area contributed by atoms with E-state index in [1.54, 1.807) is 6.07 Å². The van der Waals surface area contributed by atoms with Gasteiger partial charge in [-0.2, -0.15) is 0 Å². The van der Waals surface area contributed by atoms with E-state index in [9.17, 15) is 4.39 Å². The lowest BCUT2D eigenvalue weighted by molar-refractivity contribution is 0.610. The summed E-state index contributed by atoms with van der Waals surface area (Å²) in [4.78, 5) is 4.10. The third-order valence-electron chi connectivity index (χ3n) is 2.86. The molecule has 94 valence electrons. The van der Waals surface area contributed by atoms with Crippen LogP contribution in [0.2, 0.25) is 5.02 Å². The second-order valence-electron chi connectivity index (χ2n) is 4.13. The number of rotatable bonds is 3. The van der Waals surface area contributed by atoms with Gasteiger partial charge in [0.15, 0.2) is 0 Å². The Morgan fingerprint density at radius 3 is 2.61 bits per heavy atom. The van der Waals surface area contributed by atoms with Crippen molar-refractivity contribution < 1.29 is 4.39 Å². The Morgan fingerprint density at radius 2 is 2.06 bits per heavy atom. The van der Waals surface area contributed by atoms with Gasteiger partial charge in [0.1, 0.15) is 5.82 Å². The largest absolute Gasteiger partial charge is 0.308 e. The number of aromatic nitrogens is 1. The molecule has 0 aliphatic heterocycles. The molecule has 2 aromatic rings. The first-order chi connectivity index (χ1) is 8.61. The summed E-state index contributed by atoms with van der Waals surface area (Å²) in [6, 6.07) is 8.85. The van der Waals surface area contributed by atoms with Gasteiger partial charge in [0, 0.05) is 5.02 Å². The first kappa shape index (κ1) is 13.0. The maximum atomic E-state index is 12.9. The highest BCUT2D eigenvalue weighted by molar-refractivity contribution is 6.31. The maximum Gasteiger partial charge on any atom is 0.141 e. The molecule has 1 unspecified atom stereocenters. The fourth-order valence-electron chi connectivity index (χ4n) is 1.83. The minimum absolute atomic E-state index is 0.0938. The van der Waals surface area contributed by atoms with Crippen LogP contribution >= 0.6 is 11.6 Å². The molecule has 0 spiro atoms. The quantitative estimate of drug-likeness (QED) is 0.918. The molecular weight excluding hydrogens is 251 g/mol. The van der Waals surface area contributed by atoms with E-state index in [0.717, 1.165) is 21.8 Å². The van der Waals surface area contributed by atoms with E-state index in [0.29, 0.717) is 0 Å². The summed E-state index contributed by atoms with van der Waals surface area (Å²) in [6.45, 7) is 1.95. The van der Waals surface area contributed by atoms with E-state index >= 15 is 0 Å². The standard InChI is InChI=1S/C14H14ClFN2/c1-9-3-4-10(7-12(9)15)14(17-2)13-6-5-11(16)8-18-13/h3-8,14,17H,1-2H3. The van der Waals surface area contributed by atoms with Gasteiger partial charge in [-0.15, -0.1) is 0 Å². The van der Waals surface area contributed by atoms with E-state index in [4.69, 9.17) is 11.6 Å². The Morgan fingerprint density at radius 1 is 1.28 bits per heavy atom. The monoisotopic (exact) mass is 264 g/mol. The van der Waals surface area contributed by atoms with Gasteiger partial charge in [0.25, 0.3) is 0 Å². The number of hydrogen-bond acceptors (Lipinski definition) is 2. The van der Waals surface area contributed by atoms with Gasteiger partial charge in [-0.05, 0) is 43.3 Å². The van der Waals surface area contributed by atoms with Gasteiger partial charge in [-0.1, -0.05) is 23.7 Å². The number of nitrogens with zero attached hydrogens (tertiary/aromatic N) is 1. The average molecular weight is 265 g/mol. The van der Waals surface area contributed by atoms with Crippen LogP contribution in [0.25, 0.3) is 0 Å². The Bertz CT molecular complexity index is 540. The predicted octanol–water partition coefficient (Wildman–Crippen LogP) is 3.49. The summed E-state index contributed by atoms with van der Waals surface area (Å²) in [5.41, 5.74) is 2.80. The molecule has 0 radical (unpaired) electrons. The molecular formula is C14H14ClFN2. The van der Waals surface area contributed by atoms with Crippen molar-refractivity contribution in [1.82, 2.24) is 10.3 Å². The number of pyridine rings is 1. The van der Waals surface area contributed by atoms with E-state index in [2.05, 4.69) is 10.3 Å². The molecule has 1 heterocycles. The molecule has 0 fully saturated rings. The molecule has 0 saturated carbocycles. The Hall–Kier alpha value is -1.45. The van der Waals surface area contributed by atoms with Crippen molar-refractivity contribution in [2.24, 2.45) is 0 Å². The van der Waals surface area contributed by atoms with Crippen LogP contribution in [-0.4, -0.2) is 12.0 Å². The summed E-state index contributed by atoms with van der Waals surface area (Å²) in [6.07, 6.45) is 1.22. The van der Waals surface area contributed by atoms with Crippen LogP contribution in [0, 0.1) is 12.7 Å². The summed E-state index contributed by atoms with van der Waals surface area (Å²) in [7, 11) is 1.84. The zero-order valence-electron chi connectivity index (χ0n) is 10.2. The summed E-state index contributed by atoms with van der Waals surface area (Å²) in [5, 5.41) is 3.87. The summed E-state index contributed by atoms with van der Waals surface area (Å²) >= 11 is 6.12. The minimum atomic E-state index is -0.337. The van der Waals surface area contributed by atoms with Crippen LogP contribution in [0.1, 0.15) is 22.9 Å². The maximum absolute atomic E-state index is 12.9. The Labute approximate surface area is 111 Å². The van der Waals surface area contributed by atoms with Crippen molar-refractivity contribution in [3.63, 3.8) is 0 Å². The topological polar surface area (TPSA) is 24.9 Å². The number of hydrogen-bond donors (Lipinski definition) is 1. The van der Waals surface area contributed by atoms with Crippen molar-refractivity contribution in [2.45, 2.75) is 13.0 Å². The van der Waals surface area contributed by atoms with Crippen molar-refractivity contribution in [2.75, 3.05) is 7.05 Å². The van der Waals surface area contributed by atoms with E-state index in [-0.39, 0.29) is 11.9 Å². The fraction of sp³-hybridized carbons (Fsp3) is 0.214. The van der Waals surface area contributed by atoms with Crippen molar-refractivity contribution in [1.29, 1.82) is 0 Å². The number of nitrogens with one attached hydrogen (secondary N) is 1. The van der Waals surface area contributed by atoms with E-state index in [1.165, 1.54) is 12.3 Å².